The lowest BCUT2D eigenvalue weighted by molar-refractivity contribution is -0.116. The van der Waals surface area contributed by atoms with Gasteiger partial charge in [-0.25, -0.2) is 0 Å². The third kappa shape index (κ3) is 6.02. The molecular weight excluding hydrogens is 330 g/mol. The largest absolute Gasteiger partial charge is 0.385 e. The Morgan fingerprint density at radius 2 is 1.96 bits per heavy atom. The Morgan fingerprint density at radius 3 is 2.62 bits per heavy atom. The zero-order valence-electron chi connectivity index (χ0n) is 16.1. The number of hydrogen-bond donors (Lipinski definition) is 2. The van der Waals surface area contributed by atoms with E-state index in [0.717, 1.165) is 38.0 Å². The van der Waals surface area contributed by atoms with Crippen LogP contribution in [0.5, 0.6) is 0 Å². The quantitative estimate of drug-likeness (QED) is 0.663. The van der Waals surface area contributed by atoms with Gasteiger partial charge in [0.05, 0.1) is 5.56 Å². The van der Waals surface area contributed by atoms with Crippen LogP contribution in [0, 0.1) is 5.92 Å². The van der Waals surface area contributed by atoms with Crippen LogP contribution < -0.4 is 15.5 Å². The fraction of sp³-hybridized carbons (Fsp3) is 0.600. The standard InChI is InChI=1S/C20H31N3O3/c1-15(2)13-19(24)22-16-7-8-18(23-10-4-5-11-23)17(14-16)20(25)21-9-6-12-26-3/h7-8,14-15H,4-6,9-13H2,1-3H3,(H,21,25)(H,22,24). The van der Waals surface area contributed by atoms with Crippen molar-refractivity contribution in [2.24, 2.45) is 5.92 Å². The summed E-state index contributed by atoms with van der Waals surface area (Å²) in [6.45, 7) is 7.12. The molecule has 1 saturated heterocycles. The molecule has 26 heavy (non-hydrogen) atoms. The summed E-state index contributed by atoms with van der Waals surface area (Å²) in [5.41, 5.74) is 2.22. The smallest absolute Gasteiger partial charge is 0.253 e. The second-order valence-corrected chi connectivity index (χ2v) is 7.17. The molecule has 1 heterocycles. The molecule has 0 atom stereocenters. The number of carbonyl (C=O) groups is 2. The van der Waals surface area contributed by atoms with Gasteiger partial charge >= 0.3 is 0 Å². The molecule has 1 aromatic carbocycles. The van der Waals surface area contributed by atoms with Crippen molar-refractivity contribution in [3.05, 3.63) is 23.8 Å². The van der Waals surface area contributed by atoms with Crippen molar-refractivity contribution in [1.82, 2.24) is 5.32 Å². The SMILES string of the molecule is COCCCNC(=O)c1cc(NC(=O)CC(C)C)ccc1N1CCCC1. The summed E-state index contributed by atoms with van der Waals surface area (Å²) in [4.78, 5) is 27.0. The molecule has 0 radical (unpaired) electrons. The Hall–Kier alpha value is -2.08. The van der Waals surface area contributed by atoms with Gasteiger partial charge in [-0.05, 0) is 43.4 Å². The van der Waals surface area contributed by atoms with E-state index in [-0.39, 0.29) is 11.8 Å². The van der Waals surface area contributed by atoms with E-state index in [2.05, 4.69) is 15.5 Å². The maximum atomic E-state index is 12.7. The third-order valence-corrected chi connectivity index (χ3v) is 4.38. The first kappa shape index (κ1) is 20.2. The van der Waals surface area contributed by atoms with Gasteiger partial charge in [0.2, 0.25) is 5.91 Å². The Morgan fingerprint density at radius 1 is 1.23 bits per heavy atom. The first-order valence-electron chi connectivity index (χ1n) is 9.47. The highest BCUT2D eigenvalue weighted by Gasteiger charge is 2.20. The van der Waals surface area contributed by atoms with Crippen molar-refractivity contribution < 1.29 is 14.3 Å². The summed E-state index contributed by atoms with van der Waals surface area (Å²) in [5.74, 6) is 0.158. The second kappa shape index (κ2) is 10.2. The van der Waals surface area contributed by atoms with Crippen LogP contribution in [0.4, 0.5) is 11.4 Å². The molecule has 2 rings (SSSR count). The number of anilines is 2. The summed E-state index contributed by atoms with van der Waals surface area (Å²) in [6.07, 6.45) is 3.52. The molecule has 0 saturated carbocycles. The second-order valence-electron chi connectivity index (χ2n) is 7.17. The number of hydrogen-bond acceptors (Lipinski definition) is 4. The molecule has 6 heteroatoms. The Balaban J connectivity index is 2.15. The number of methoxy groups -OCH3 is 1. The molecule has 0 bridgehead atoms. The predicted octanol–water partition coefficient (Wildman–Crippen LogP) is 3.04. The normalized spacial score (nSPS) is 13.9. The Labute approximate surface area is 156 Å². The summed E-state index contributed by atoms with van der Waals surface area (Å²) in [7, 11) is 1.65. The van der Waals surface area contributed by atoms with Crippen molar-refractivity contribution in [2.45, 2.75) is 39.5 Å². The molecule has 2 amide bonds. The summed E-state index contributed by atoms with van der Waals surface area (Å²) >= 11 is 0. The molecular formula is C20H31N3O3. The number of rotatable bonds is 9. The van der Waals surface area contributed by atoms with Gasteiger partial charge < -0.3 is 20.3 Å². The third-order valence-electron chi connectivity index (χ3n) is 4.38. The molecule has 2 N–H and O–H groups in total. The maximum Gasteiger partial charge on any atom is 0.253 e. The molecule has 0 unspecified atom stereocenters. The minimum absolute atomic E-state index is 0.0274. The van der Waals surface area contributed by atoms with Crippen molar-refractivity contribution in [3.63, 3.8) is 0 Å². The van der Waals surface area contributed by atoms with Gasteiger partial charge in [-0.1, -0.05) is 13.8 Å². The zero-order chi connectivity index (χ0) is 18.9. The van der Waals surface area contributed by atoms with Gasteiger partial charge in [-0.15, -0.1) is 0 Å². The molecule has 6 nitrogen and oxygen atoms in total. The van der Waals surface area contributed by atoms with E-state index < -0.39 is 0 Å². The highest BCUT2D eigenvalue weighted by atomic mass is 16.5. The Bertz CT molecular complexity index is 610. The average Bonchev–Trinajstić information content (AvgIpc) is 3.12. The topological polar surface area (TPSA) is 70.7 Å². The molecule has 0 spiro atoms. The van der Waals surface area contributed by atoms with Gasteiger partial charge in [0.1, 0.15) is 0 Å². The van der Waals surface area contributed by atoms with Gasteiger partial charge in [0.25, 0.3) is 5.91 Å². The fourth-order valence-electron chi connectivity index (χ4n) is 3.13. The van der Waals surface area contributed by atoms with Gasteiger partial charge in [0, 0.05) is 51.1 Å². The maximum absolute atomic E-state index is 12.7. The number of carbonyl (C=O) groups excluding carboxylic acids is 2. The van der Waals surface area contributed by atoms with E-state index >= 15 is 0 Å². The fourth-order valence-corrected chi connectivity index (χ4v) is 3.13. The summed E-state index contributed by atoms with van der Waals surface area (Å²) in [5, 5.41) is 5.86. The number of nitrogens with zero attached hydrogens (tertiary/aromatic N) is 1. The molecule has 1 fully saturated rings. The minimum atomic E-state index is -0.108. The molecule has 1 aromatic rings. The van der Waals surface area contributed by atoms with Gasteiger partial charge in [0.15, 0.2) is 0 Å². The molecule has 0 aromatic heterocycles. The number of amides is 2. The van der Waals surface area contributed by atoms with Crippen LogP contribution in [0.3, 0.4) is 0 Å². The van der Waals surface area contributed by atoms with E-state index in [0.29, 0.717) is 36.7 Å². The molecule has 0 aliphatic carbocycles. The van der Waals surface area contributed by atoms with Gasteiger partial charge in [-0.2, -0.15) is 0 Å². The minimum Gasteiger partial charge on any atom is -0.385 e. The van der Waals surface area contributed by atoms with E-state index in [4.69, 9.17) is 4.74 Å². The molecule has 144 valence electrons. The van der Waals surface area contributed by atoms with Crippen LogP contribution in [-0.2, 0) is 9.53 Å². The Kier molecular flexibility index (Phi) is 7.91. The van der Waals surface area contributed by atoms with Crippen LogP contribution in [0.15, 0.2) is 18.2 Å². The molecule has 1 aliphatic rings. The highest BCUT2D eigenvalue weighted by Crippen LogP contribution is 2.27. The average molecular weight is 361 g/mol. The van der Waals surface area contributed by atoms with E-state index in [9.17, 15) is 9.59 Å². The van der Waals surface area contributed by atoms with Crippen LogP contribution in [0.2, 0.25) is 0 Å². The number of ether oxygens (including phenoxy) is 1. The summed E-state index contributed by atoms with van der Waals surface area (Å²) in [6, 6.07) is 5.62. The lowest BCUT2D eigenvalue weighted by Gasteiger charge is -2.22. The lowest BCUT2D eigenvalue weighted by Crippen LogP contribution is -2.29. The number of benzene rings is 1. The van der Waals surface area contributed by atoms with Crippen LogP contribution in [-0.4, -0.2) is 45.2 Å². The van der Waals surface area contributed by atoms with E-state index in [1.165, 1.54) is 0 Å². The van der Waals surface area contributed by atoms with E-state index in [1.807, 2.05) is 26.0 Å². The molecule has 1 aliphatic heterocycles. The van der Waals surface area contributed by atoms with Crippen LogP contribution >= 0.6 is 0 Å². The summed E-state index contributed by atoms with van der Waals surface area (Å²) < 4.78 is 5.02. The van der Waals surface area contributed by atoms with Crippen molar-refractivity contribution in [2.75, 3.05) is 43.6 Å². The van der Waals surface area contributed by atoms with Crippen LogP contribution in [0.25, 0.3) is 0 Å². The zero-order valence-corrected chi connectivity index (χ0v) is 16.1. The number of nitrogens with one attached hydrogen (secondary N) is 2. The van der Waals surface area contributed by atoms with Crippen LogP contribution in [0.1, 0.15) is 49.9 Å². The van der Waals surface area contributed by atoms with Gasteiger partial charge in [-0.3, -0.25) is 9.59 Å². The lowest BCUT2D eigenvalue weighted by atomic mass is 10.1. The predicted molar refractivity (Wildman–Crippen MR) is 105 cm³/mol. The van der Waals surface area contributed by atoms with E-state index in [1.54, 1.807) is 13.2 Å². The highest BCUT2D eigenvalue weighted by molar-refractivity contribution is 6.02. The van der Waals surface area contributed by atoms with Crippen molar-refractivity contribution in [1.29, 1.82) is 0 Å². The van der Waals surface area contributed by atoms with Crippen molar-refractivity contribution in [3.8, 4) is 0 Å². The monoisotopic (exact) mass is 361 g/mol. The first-order valence-corrected chi connectivity index (χ1v) is 9.47. The van der Waals surface area contributed by atoms with Crippen molar-refractivity contribution >= 4 is 23.2 Å². The first-order chi connectivity index (χ1) is 12.5.